The molecule has 146 valence electrons. The van der Waals surface area contributed by atoms with E-state index >= 15 is 0 Å². The number of piperazine rings is 1. The van der Waals surface area contributed by atoms with Crippen LogP contribution in [-0.2, 0) is 4.74 Å². The van der Waals surface area contributed by atoms with E-state index in [-0.39, 0.29) is 19.9 Å². The highest BCUT2D eigenvalue weighted by atomic mass is 19.4. The third-order valence-corrected chi connectivity index (χ3v) is 5.17. The molecule has 0 N–H and O–H groups in total. The van der Waals surface area contributed by atoms with Crippen LogP contribution in [0.5, 0.6) is 0 Å². The Labute approximate surface area is 152 Å². The van der Waals surface area contributed by atoms with Gasteiger partial charge in [-0.2, -0.15) is 26.3 Å². The van der Waals surface area contributed by atoms with Crippen LogP contribution in [0.15, 0.2) is 0 Å². The van der Waals surface area contributed by atoms with E-state index in [0.717, 1.165) is 4.90 Å². The minimum Gasteiger partial charge on any atom is -0.433 e. The summed E-state index contributed by atoms with van der Waals surface area (Å²) in [4.78, 5) is 15.2. The van der Waals surface area contributed by atoms with Crippen molar-refractivity contribution in [1.82, 2.24) is 9.80 Å². The average Bonchev–Trinajstić information content (AvgIpc) is 2.37. The van der Waals surface area contributed by atoms with Crippen molar-refractivity contribution in [2.75, 3.05) is 13.1 Å². The Balaban J connectivity index is 3.12. The van der Waals surface area contributed by atoms with Gasteiger partial charge in [-0.15, -0.1) is 0 Å². The summed E-state index contributed by atoms with van der Waals surface area (Å²) < 4.78 is 81.8. The summed E-state index contributed by atoms with van der Waals surface area (Å²) in [7, 11) is 4.98. The Morgan fingerprint density at radius 1 is 1.04 bits per heavy atom. The van der Waals surface area contributed by atoms with Crippen molar-refractivity contribution in [1.29, 1.82) is 0 Å². The van der Waals surface area contributed by atoms with Gasteiger partial charge in [0, 0.05) is 24.6 Å². The first kappa shape index (κ1) is 23.1. The molecule has 1 aliphatic rings. The van der Waals surface area contributed by atoms with Gasteiger partial charge < -0.3 is 14.5 Å². The van der Waals surface area contributed by atoms with Crippen LogP contribution >= 0.6 is 0 Å². The maximum atomic E-state index is 13.0. The lowest BCUT2D eigenvalue weighted by molar-refractivity contribution is -0.331. The number of nitrogens with zero attached hydrogens (tertiary/aromatic N) is 2. The summed E-state index contributed by atoms with van der Waals surface area (Å²) in [6.07, 6.45) is -13.2. The van der Waals surface area contributed by atoms with Gasteiger partial charge in [0.05, 0.1) is 0 Å². The monoisotopic (exact) mass is 384 g/mol. The number of amides is 1. The SMILES string of the molecule is BC1N(C(=O)OC(B)(C(F)(F)F)C(F)(F)F)CCN(C(C)(C)C)C1(B)B. The number of hydrogen-bond acceptors (Lipinski definition) is 3. The molecule has 1 unspecified atom stereocenters. The number of ether oxygens (including phenoxy) is 1. The summed E-state index contributed by atoms with van der Waals surface area (Å²) >= 11 is 0. The molecule has 4 nitrogen and oxygen atoms in total. The molecule has 0 bridgehead atoms. The summed E-state index contributed by atoms with van der Waals surface area (Å²) in [5, 5.41) is -0.678. The number of hydrogen-bond donors (Lipinski definition) is 0. The van der Waals surface area contributed by atoms with Gasteiger partial charge in [-0.3, -0.25) is 0 Å². The second-order valence-electron chi connectivity index (χ2n) is 8.24. The van der Waals surface area contributed by atoms with Gasteiger partial charge in [0.25, 0.3) is 5.50 Å². The highest BCUT2D eigenvalue weighted by molar-refractivity contribution is 6.44. The van der Waals surface area contributed by atoms with Crippen molar-refractivity contribution in [3.05, 3.63) is 0 Å². The van der Waals surface area contributed by atoms with Crippen LogP contribution in [0.4, 0.5) is 31.1 Å². The van der Waals surface area contributed by atoms with Gasteiger partial charge >= 0.3 is 18.4 Å². The lowest BCUT2D eigenvalue weighted by atomic mass is 9.49. The van der Waals surface area contributed by atoms with E-state index < -0.39 is 35.2 Å². The molecule has 0 radical (unpaired) electrons. The van der Waals surface area contributed by atoms with Crippen molar-refractivity contribution < 1.29 is 35.9 Å². The van der Waals surface area contributed by atoms with Gasteiger partial charge in [-0.25, -0.2) is 4.79 Å². The summed E-state index contributed by atoms with van der Waals surface area (Å²) in [6.45, 7) is 6.09. The quantitative estimate of drug-likeness (QED) is 0.425. The molecule has 0 spiro atoms. The van der Waals surface area contributed by atoms with Gasteiger partial charge in [0.1, 0.15) is 23.5 Å². The van der Waals surface area contributed by atoms with Crippen molar-refractivity contribution in [3.63, 3.8) is 0 Å². The van der Waals surface area contributed by atoms with Crippen molar-refractivity contribution in [2.45, 2.75) is 55.4 Å². The van der Waals surface area contributed by atoms with E-state index in [9.17, 15) is 31.1 Å². The molecule has 26 heavy (non-hydrogen) atoms. The summed E-state index contributed by atoms with van der Waals surface area (Å²) in [6, 6.07) is 0. The molecule has 1 atom stereocenters. The smallest absolute Gasteiger partial charge is 0.428 e. The minimum absolute atomic E-state index is 0.0352. The van der Waals surface area contributed by atoms with Gasteiger partial charge in [-0.05, 0) is 26.1 Å². The molecule has 0 aromatic carbocycles. The third kappa shape index (κ3) is 3.99. The zero-order chi connectivity index (χ0) is 20.9. The molecule has 1 fully saturated rings. The Morgan fingerprint density at radius 3 is 1.81 bits per heavy atom. The molecule has 14 heteroatoms. The van der Waals surface area contributed by atoms with E-state index in [0.29, 0.717) is 6.54 Å². The fourth-order valence-electron chi connectivity index (χ4n) is 3.26. The standard InChI is InChI=1S/C12H22B4F6N2O2/c1-8(2,3)24-5-4-23(6(13)9(24,14)15)7(25)26-10(16,11(17,18)19)12(20,21)22/h6H,4-5,13-16H2,1-3H3. The predicted molar refractivity (Wildman–Crippen MR) is 95.2 cm³/mol. The van der Waals surface area contributed by atoms with Gasteiger partial charge in [-0.1, -0.05) is 0 Å². The molecule has 0 aromatic heterocycles. The average molecular weight is 384 g/mol. The highest BCUT2D eigenvalue weighted by Gasteiger charge is 2.71. The summed E-state index contributed by atoms with van der Waals surface area (Å²) in [5.41, 5.74) is -4.86. The van der Waals surface area contributed by atoms with Crippen LogP contribution in [0, 0.1) is 0 Å². The number of rotatable bonds is 1. The Kier molecular flexibility index (Phi) is 5.86. The normalized spacial score (nSPS) is 23.0. The summed E-state index contributed by atoms with van der Waals surface area (Å²) in [5.74, 6) is -0.659. The number of alkyl halides is 6. The number of carbonyl (C=O) groups excluding carboxylic acids is 1. The third-order valence-electron chi connectivity index (χ3n) is 5.17. The zero-order valence-corrected chi connectivity index (χ0v) is 16.0. The molecule has 1 saturated heterocycles. The predicted octanol–water partition coefficient (Wildman–Crippen LogP) is -1.13. The first-order valence-corrected chi connectivity index (χ1v) is 8.17. The Bertz CT molecular complexity index is 535. The first-order chi connectivity index (χ1) is 11.3. The van der Waals surface area contributed by atoms with Crippen LogP contribution in [0.3, 0.4) is 0 Å². The zero-order valence-electron chi connectivity index (χ0n) is 16.0. The molecule has 0 saturated carbocycles. The fraction of sp³-hybridized carbons (Fsp3) is 0.917. The van der Waals surface area contributed by atoms with E-state index in [4.69, 9.17) is 0 Å². The van der Waals surface area contributed by atoms with E-state index in [1.165, 1.54) is 0 Å². The second-order valence-corrected chi connectivity index (χ2v) is 8.24. The molecule has 1 rings (SSSR count). The van der Waals surface area contributed by atoms with E-state index in [1.807, 2.05) is 20.8 Å². The van der Waals surface area contributed by atoms with Crippen LogP contribution < -0.4 is 0 Å². The fourth-order valence-corrected chi connectivity index (χ4v) is 3.26. The first-order valence-electron chi connectivity index (χ1n) is 8.17. The van der Waals surface area contributed by atoms with E-state index in [2.05, 4.69) is 9.64 Å². The lowest BCUT2D eigenvalue weighted by Gasteiger charge is -2.57. The van der Waals surface area contributed by atoms with Crippen molar-refractivity contribution in [2.24, 2.45) is 0 Å². The Morgan fingerprint density at radius 2 is 1.46 bits per heavy atom. The van der Waals surface area contributed by atoms with Gasteiger partial charge in [0.15, 0.2) is 7.85 Å². The highest BCUT2D eigenvalue weighted by Crippen LogP contribution is 2.44. The van der Waals surface area contributed by atoms with Crippen molar-refractivity contribution in [3.8, 4) is 0 Å². The van der Waals surface area contributed by atoms with Gasteiger partial charge in [0.2, 0.25) is 0 Å². The van der Waals surface area contributed by atoms with Crippen LogP contribution in [0.2, 0.25) is 0 Å². The lowest BCUT2D eigenvalue weighted by Crippen LogP contribution is -2.74. The molecule has 1 amide bonds. The van der Waals surface area contributed by atoms with Crippen molar-refractivity contribution >= 4 is 37.5 Å². The maximum Gasteiger partial charge on any atom is 0.428 e. The van der Waals surface area contributed by atoms with Crippen LogP contribution in [-0.4, -0.2) is 95.0 Å². The number of halogens is 6. The van der Waals surface area contributed by atoms with Crippen LogP contribution in [0.1, 0.15) is 20.8 Å². The second kappa shape index (κ2) is 6.60. The molecular formula is C12H22B4F6N2O2. The molecule has 1 heterocycles. The van der Waals surface area contributed by atoms with Crippen LogP contribution in [0.25, 0.3) is 0 Å². The largest absolute Gasteiger partial charge is 0.433 e. The topological polar surface area (TPSA) is 32.8 Å². The molecule has 0 aliphatic carbocycles. The number of carbonyl (C=O) groups is 1. The van der Waals surface area contributed by atoms with E-state index in [1.54, 1.807) is 23.5 Å². The minimum atomic E-state index is -5.78. The Hall–Kier alpha value is -0.930. The molecule has 1 aliphatic heterocycles. The molecular weight excluding hydrogens is 361 g/mol. The maximum absolute atomic E-state index is 13.0. The molecule has 0 aromatic rings.